The smallest absolute Gasteiger partial charge is 0.410 e. The van der Waals surface area contributed by atoms with Crippen molar-refractivity contribution >= 4 is 11.8 Å². The van der Waals surface area contributed by atoms with Crippen LogP contribution in [0.3, 0.4) is 0 Å². The van der Waals surface area contributed by atoms with E-state index in [1.807, 2.05) is 31.9 Å². The molecule has 6 nitrogen and oxygen atoms in total. The van der Waals surface area contributed by atoms with Gasteiger partial charge in [-0.2, -0.15) is 0 Å². The molecule has 1 amide bonds. The van der Waals surface area contributed by atoms with Gasteiger partial charge in [0.25, 0.3) is 0 Å². The molecule has 0 spiro atoms. The highest BCUT2D eigenvalue weighted by atomic mass is 16.6. The molecule has 36 heavy (non-hydrogen) atoms. The van der Waals surface area contributed by atoms with E-state index in [-0.39, 0.29) is 12.1 Å². The van der Waals surface area contributed by atoms with Crippen molar-refractivity contribution in [1.82, 2.24) is 14.9 Å². The third-order valence-electron chi connectivity index (χ3n) is 7.30. The summed E-state index contributed by atoms with van der Waals surface area (Å²) in [6.07, 6.45) is 5.99. The highest BCUT2D eigenvalue weighted by Gasteiger charge is 2.35. The summed E-state index contributed by atoms with van der Waals surface area (Å²) in [4.78, 5) is 25.4. The van der Waals surface area contributed by atoms with Gasteiger partial charge in [0.2, 0.25) is 0 Å². The molecule has 0 bridgehead atoms. The van der Waals surface area contributed by atoms with Crippen molar-refractivity contribution < 1.29 is 9.53 Å². The van der Waals surface area contributed by atoms with Gasteiger partial charge in [-0.25, -0.2) is 9.78 Å². The van der Waals surface area contributed by atoms with Crippen molar-refractivity contribution in [1.29, 1.82) is 0 Å². The quantitative estimate of drug-likeness (QED) is 0.429. The second-order valence-corrected chi connectivity index (χ2v) is 11.3. The number of hydrogen-bond acceptors (Lipinski definition) is 4. The summed E-state index contributed by atoms with van der Waals surface area (Å²) >= 11 is 0. The lowest BCUT2D eigenvalue weighted by atomic mass is 9.95. The molecule has 0 saturated carbocycles. The zero-order valence-corrected chi connectivity index (χ0v) is 22.0. The number of carbonyl (C=O) groups excluding carboxylic acids is 1. The van der Waals surface area contributed by atoms with Crippen LogP contribution in [0.5, 0.6) is 0 Å². The number of nitrogens with zero attached hydrogens (tertiary/aromatic N) is 3. The molecule has 1 unspecified atom stereocenters. The first-order valence-electron chi connectivity index (χ1n) is 13.3. The highest BCUT2D eigenvalue weighted by Crippen LogP contribution is 2.37. The van der Waals surface area contributed by atoms with Gasteiger partial charge in [-0.05, 0) is 70.1 Å². The van der Waals surface area contributed by atoms with Gasteiger partial charge in [-0.1, -0.05) is 43.3 Å². The van der Waals surface area contributed by atoms with Gasteiger partial charge in [0.15, 0.2) is 0 Å². The first-order valence-corrected chi connectivity index (χ1v) is 13.3. The van der Waals surface area contributed by atoms with E-state index in [1.165, 1.54) is 29.7 Å². The number of H-pyrrole nitrogens is 1. The average Bonchev–Trinajstić information content (AvgIpc) is 3.54. The number of hydrogen-bond donors (Lipinski definition) is 1. The van der Waals surface area contributed by atoms with Gasteiger partial charge in [-0.3, -0.25) is 4.90 Å². The number of ether oxygens (including phenoxy) is 1. The maximum atomic E-state index is 12.8. The average molecular weight is 487 g/mol. The topological polar surface area (TPSA) is 61.5 Å². The van der Waals surface area contributed by atoms with Crippen LogP contribution in [0.4, 0.5) is 10.5 Å². The fourth-order valence-electron chi connectivity index (χ4n) is 5.31. The summed E-state index contributed by atoms with van der Waals surface area (Å²) in [5.41, 5.74) is 5.21. The van der Waals surface area contributed by atoms with E-state index in [1.54, 1.807) is 0 Å². The standard InChI is InChI=1S/C30H38N4O2/c1-21-14-17-33(18-15-21)26-13-12-23(19-24(26)22-9-6-5-7-10-22)25-20-31-28(32-25)27-11-8-16-34(27)29(35)36-30(2,3)4/h5-7,9-10,12-13,19-21,27H,8,11,14-18H2,1-4H3,(H,31,32). The molecule has 5 rings (SSSR count). The largest absolute Gasteiger partial charge is 0.444 e. The first kappa shape index (κ1) is 24.4. The number of imidazole rings is 1. The molecule has 1 atom stereocenters. The molecule has 2 aromatic carbocycles. The third-order valence-corrected chi connectivity index (χ3v) is 7.30. The van der Waals surface area contributed by atoms with Crippen molar-refractivity contribution in [3.8, 4) is 22.4 Å². The number of anilines is 1. The third kappa shape index (κ3) is 5.28. The van der Waals surface area contributed by atoms with Crippen LogP contribution in [0.25, 0.3) is 22.4 Å². The molecule has 6 heteroatoms. The molecule has 3 heterocycles. The Bertz CT molecular complexity index is 1190. The van der Waals surface area contributed by atoms with Gasteiger partial charge in [0.05, 0.1) is 11.7 Å². The number of piperidine rings is 1. The van der Waals surface area contributed by atoms with Crippen LogP contribution in [0.2, 0.25) is 0 Å². The Hall–Kier alpha value is -3.28. The van der Waals surface area contributed by atoms with E-state index in [0.29, 0.717) is 6.54 Å². The SMILES string of the molecule is CC1CCN(c2ccc(-c3c[nH]c(C4CCCN4C(=O)OC(C)(C)C)n3)cc2-c2ccccc2)CC1. The molecular formula is C30H38N4O2. The van der Waals surface area contributed by atoms with Crippen molar-refractivity contribution in [3.05, 3.63) is 60.6 Å². The van der Waals surface area contributed by atoms with Crippen LogP contribution >= 0.6 is 0 Å². The molecule has 0 radical (unpaired) electrons. The highest BCUT2D eigenvalue weighted by molar-refractivity contribution is 5.83. The molecule has 2 saturated heterocycles. The minimum Gasteiger partial charge on any atom is -0.444 e. The number of aromatic nitrogens is 2. The van der Waals surface area contributed by atoms with Crippen molar-refractivity contribution in [3.63, 3.8) is 0 Å². The summed E-state index contributed by atoms with van der Waals surface area (Å²) < 4.78 is 5.65. The molecule has 1 aromatic heterocycles. The molecule has 2 fully saturated rings. The van der Waals surface area contributed by atoms with Crippen LogP contribution in [0.1, 0.15) is 65.2 Å². The Labute approximate surface area is 214 Å². The van der Waals surface area contributed by atoms with E-state index in [4.69, 9.17) is 9.72 Å². The van der Waals surface area contributed by atoms with Crippen molar-refractivity contribution in [2.24, 2.45) is 5.92 Å². The zero-order chi connectivity index (χ0) is 25.3. The monoisotopic (exact) mass is 486 g/mol. The van der Waals surface area contributed by atoms with Crippen molar-refractivity contribution in [2.45, 2.75) is 65.0 Å². The van der Waals surface area contributed by atoms with Crippen LogP contribution in [0, 0.1) is 5.92 Å². The second-order valence-electron chi connectivity index (χ2n) is 11.3. The lowest BCUT2D eigenvalue weighted by Crippen LogP contribution is -2.36. The number of carbonyl (C=O) groups is 1. The normalized spacial score (nSPS) is 19.1. The summed E-state index contributed by atoms with van der Waals surface area (Å²) in [7, 11) is 0. The predicted molar refractivity (Wildman–Crippen MR) is 145 cm³/mol. The molecule has 0 aliphatic carbocycles. The number of likely N-dealkylation sites (tertiary alicyclic amines) is 1. The van der Waals surface area contributed by atoms with Crippen LogP contribution in [-0.2, 0) is 4.74 Å². The van der Waals surface area contributed by atoms with Crippen LogP contribution in [-0.4, -0.2) is 46.2 Å². The Morgan fingerprint density at radius 2 is 1.75 bits per heavy atom. The second kappa shape index (κ2) is 10.00. The number of rotatable bonds is 4. The van der Waals surface area contributed by atoms with Crippen molar-refractivity contribution in [2.75, 3.05) is 24.5 Å². The Kier molecular flexibility index (Phi) is 6.78. The number of benzene rings is 2. The van der Waals surface area contributed by atoms with E-state index in [9.17, 15) is 4.79 Å². The van der Waals surface area contributed by atoms with Gasteiger partial charge in [0.1, 0.15) is 11.4 Å². The van der Waals surface area contributed by atoms with Gasteiger partial charge >= 0.3 is 6.09 Å². The maximum absolute atomic E-state index is 12.8. The van der Waals surface area contributed by atoms with E-state index in [0.717, 1.165) is 48.9 Å². The van der Waals surface area contributed by atoms with Crippen LogP contribution in [0.15, 0.2) is 54.7 Å². The maximum Gasteiger partial charge on any atom is 0.410 e. The van der Waals surface area contributed by atoms with Gasteiger partial charge in [0, 0.05) is 42.6 Å². The summed E-state index contributed by atoms with van der Waals surface area (Å²) in [5, 5.41) is 0. The molecule has 2 aliphatic heterocycles. The van der Waals surface area contributed by atoms with E-state index in [2.05, 4.69) is 65.3 Å². The minimum absolute atomic E-state index is 0.0863. The fourth-order valence-corrected chi connectivity index (χ4v) is 5.31. The van der Waals surface area contributed by atoms with Crippen LogP contribution < -0.4 is 4.90 Å². The molecular weight excluding hydrogens is 448 g/mol. The van der Waals surface area contributed by atoms with Gasteiger partial charge < -0.3 is 14.6 Å². The number of amides is 1. The van der Waals surface area contributed by atoms with E-state index >= 15 is 0 Å². The Morgan fingerprint density at radius 1 is 1.00 bits per heavy atom. The van der Waals surface area contributed by atoms with E-state index < -0.39 is 5.60 Å². The summed E-state index contributed by atoms with van der Waals surface area (Å²) in [6, 6.07) is 17.2. The van der Waals surface area contributed by atoms with Gasteiger partial charge in [-0.15, -0.1) is 0 Å². The lowest BCUT2D eigenvalue weighted by molar-refractivity contribution is 0.0218. The lowest BCUT2D eigenvalue weighted by Gasteiger charge is -2.33. The predicted octanol–water partition coefficient (Wildman–Crippen LogP) is 7.05. The Morgan fingerprint density at radius 3 is 2.47 bits per heavy atom. The number of aromatic amines is 1. The first-order chi connectivity index (χ1) is 17.3. The molecule has 1 N–H and O–H groups in total. The Balaban J connectivity index is 1.43. The molecule has 2 aliphatic rings. The summed E-state index contributed by atoms with van der Waals surface area (Å²) in [5.74, 6) is 1.61. The molecule has 190 valence electrons. The minimum atomic E-state index is -0.513. The fraction of sp³-hybridized carbons (Fsp3) is 0.467. The molecule has 3 aromatic rings. The summed E-state index contributed by atoms with van der Waals surface area (Å²) in [6.45, 7) is 10.9. The number of nitrogens with one attached hydrogen (secondary N) is 1. The zero-order valence-electron chi connectivity index (χ0n) is 22.0.